The van der Waals surface area contributed by atoms with E-state index in [9.17, 15) is 4.79 Å². The van der Waals surface area contributed by atoms with Gasteiger partial charge in [0.1, 0.15) is 0 Å². The lowest BCUT2D eigenvalue weighted by Crippen LogP contribution is -2.52. The third-order valence-corrected chi connectivity index (χ3v) is 10.2. The summed E-state index contributed by atoms with van der Waals surface area (Å²) >= 11 is 0. The maximum Gasteiger partial charge on any atom is 0.312 e. The fourth-order valence-electron chi connectivity index (χ4n) is 8.04. The van der Waals surface area contributed by atoms with Crippen molar-refractivity contribution in [1.82, 2.24) is 0 Å². The molecular formula is C31H56O2. The highest BCUT2D eigenvalue weighted by Crippen LogP contribution is 2.61. The molecule has 3 aliphatic carbocycles. The van der Waals surface area contributed by atoms with Gasteiger partial charge in [-0.3, -0.25) is 4.79 Å². The minimum absolute atomic E-state index is 0.180. The molecule has 3 saturated carbocycles. The quantitative estimate of drug-likeness (QED) is 0.202. The van der Waals surface area contributed by atoms with Gasteiger partial charge < -0.3 is 4.74 Å². The van der Waals surface area contributed by atoms with Gasteiger partial charge in [0.15, 0.2) is 0 Å². The summed E-state index contributed by atoms with van der Waals surface area (Å²) < 4.78 is 6.15. The average Bonchev–Trinajstić information content (AvgIpc) is 2.88. The Hall–Kier alpha value is -0.530. The predicted molar refractivity (Wildman–Crippen MR) is 140 cm³/mol. The minimum Gasteiger partial charge on any atom is -0.465 e. The molecule has 0 heterocycles. The molecule has 192 valence electrons. The fraction of sp³-hybridized carbons (Fsp3) is 0.968. The smallest absolute Gasteiger partial charge is 0.312 e. The Labute approximate surface area is 206 Å². The number of carbonyl (C=O) groups excluding carboxylic acids is 1. The van der Waals surface area contributed by atoms with Gasteiger partial charge in [-0.15, -0.1) is 0 Å². The maximum atomic E-state index is 13.9. The average molecular weight is 461 g/mol. The van der Waals surface area contributed by atoms with Crippen LogP contribution in [-0.4, -0.2) is 12.6 Å². The normalized spacial score (nSPS) is 28.5. The molecule has 0 radical (unpaired) electrons. The Bertz CT molecular complexity index is 533. The van der Waals surface area contributed by atoms with Crippen molar-refractivity contribution in [2.45, 2.75) is 162 Å². The molecule has 33 heavy (non-hydrogen) atoms. The second kappa shape index (κ2) is 14.1. The highest BCUT2D eigenvalue weighted by molar-refractivity contribution is 5.78. The maximum absolute atomic E-state index is 13.9. The summed E-state index contributed by atoms with van der Waals surface area (Å²) in [6.45, 7) is 5.25. The summed E-state index contributed by atoms with van der Waals surface area (Å²) in [5, 5.41) is 0. The van der Waals surface area contributed by atoms with Crippen molar-refractivity contribution < 1.29 is 9.53 Å². The van der Waals surface area contributed by atoms with Crippen LogP contribution in [0.4, 0.5) is 0 Å². The second-order valence-electron chi connectivity index (χ2n) is 12.2. The summed E-state index contributed by atoms with van der Waals surface area (Å²) in [5.41, 5.74) is 0.0347. The van der Waals surface area contributed by atoms with Crippen molar-refractivity contribution >= 4 is 5.97 Å². The van der Waals surface area contributed by atoms with E-state index in [2.05, 4.69) is 13.8 Å². The zero-order chi connectivity index (χ0) is 23.4. The van der Waals surface area contributed by atoms with Crippen LogP contribution in [0.25, 0.3) is 0 Å². The highest BCUT2D eigenvalue weighted by Gasteiger charge is 2.57. The summed E-state index contributed by atoms with van der Waals surface area (Å²) in [5.74, 6) is 2.12. The first-order valence-corrected chi connectivity index (χ1v) is 15.3. The van der Waals surface area contributed by atoms with Crippen LogP contribution < -0.4 is 0 Å². The van der Waals surface area contributed by atoms with E-state index in [1.807, 2.05) is 0 Å². The van der Waals surface area contributed by atoms with E-state index >= 15 is 0 Å². The van der Waals surface area contributed by atoms with Gasteiger partial charge in [0.05, 0.1) is 12.0 Å². The third kappa shape index (κ3) is 7.00. The van der Waals surface area contributed by atoms with Crippen molar-refractivity contribution in [3.8, 4) is 0 Å². The van der Waals surface area contributed by atoms with Crippen molar-refractivity contribution in [3.63, 3.8) is 0 Å². The zero-order valence-electron chi connectivity index (χ0n) is 22.4. The molecule has 0 unspecified atom stereocenters. The lowest BCUT2D eigenvalue weighted by molar-refractivity contribution is -0.175. The SMILES string of the molecule is CCCCCCCCOC(=O)C1([C@]2(CCCC)CC[C@H](C3CCCCC3)CC2)CCCCC1. The first-order valence-electron chi connectivity index (χ1n) is 15.3. The standard InChI is InChI=1S/C31H56O2/c1-3-5-7-8-9-16-26-33-29(32)31(22-14-11-15-23-31)30(21-6-4-2)24-19-28(20-25-30)27-17-12-10-13-18-27/h27-28H,3-26H2,1-2H3/t28-,30+. The fourth-order valence-corrected chi connectivity index (χ4v) is 8.04. The monoisotopic (exact) mass is 460 g/mol. The number of esters is 1. The van der Waals surface area contributed by atoms with Crippen molar-refractivity contribution in [2.75, 3.05) is 6.61 Å². The lowest BCUT2D eigenvalue weighted by atomic mass is 9.49. The van der Waals surface area contributed by atoms with E-state index < -0.39 is 0 Å². The largest absolute Gasteiger partial charge is 0.465 e. The molecule has 3 aliphatic rings. The Morgan fingerprint density at radius 3 is 1.91 bits per heavy atom. The molecule has 0 aromatic rings. The van der Waals surface area contributed by atoms with Crippen LogP contribution in [0.5, 0.6) is 0 Å². The topological polar surface area (TPSA) is 26.3 Å². The van der Waals surface area contributed by atoms with E-state index in [1.165, 1.54) is 128 Å². The van der Waals surface area contributed by atoms with Gasteiger partial charge in [0, 0.05) is 0 Å². The Morgan fingerprint density at radius 2 is 1.24 bits per heavy atom. The summed E-state index contributed by atoms with van der Waals surface area (Å²) in [4.78, 5) is 13.9. The molecule has 0 amide bonds. The van der Waals surface area contributed by atoms with Gasteiger partial charge in [-0.05, 0) is 68.6 Å². The van der Waals surface area contributed by atoms with Crippen molar-refractivity contribution in [3.05, 3.63) is 0 Å². The number of ether oxygens (including phenoxy) is 1. The van der Waals surface area contributed by atoms with E-state index in [1.54, 1.807) is 0 Å². The van der Waals surface area contributed by atoms with E-state index in [-0.39, 0.29) is 16.8 Å². The molecule has 2 heteroatoms. The molecule has 3 fully saturated rings. The molecule has 0 bridgehead atoms. The van der Waals surface area contributed by atoms with Gasteiger partial charge in [0.25, 0.3) is 0 Å². The van der Waals surface area contributed by atoms with Crippen molar-refractivity contribution in [2.24, 2.45) is 22.7 Å². The van der Waals surface area contributed by atoms with Gasteiger partial charge in [-0.1, -0.05) is 110 Å². The third-order valence-electron chi connectivity index (χ3n) is 10.2. The Morgan fingerprint density at radius 1 is 0.667 bits per heavy atom. The van der Waals surface area contributed by atoms with Crippen LogP contribution in [0.15, 0.2) is 0 Å². The predicted octanol–water partition coefficient (Wildman–Crippen LogP) is 9.79. The van der Waals surface area contributed by atoms with E-state index in [4.69, 9.17) is 4.74 Å². The number of hydrogen-bond acceptors (Lipinski definition) is 2. The van der Waals surface area contributed by atoms with Gasteiger partial charge in [-0.2, -0.15) is 0 Å². The Kier molecular flexibility index (Phi) is 11.6. The first-order chi connectivity index (χ1) is 16.2. The minimum atomic E-state index is -0.180. The zero-order valence-corrected chi connectivity index (χ0v) is 22.4. The molecule has 2 nitrogen and oxygen atoms in total. The molecule has 0 spiro atoms. The summed E-state index contributed by atoms with van der Waals surface area (Å²) in [6.07, 6.45) is 29.9. The number of unbranched alkanes of at least 4 members (excludes halogenated alkanes) is 6. The molecule has 0 aromatic carbocycles. The Balaban J connectivity index is 1.65. The molecule has 0 atom stereocenters. The van der Waals surface area contributed by atoms with E-state index in [0.717, 1.165) is 31.1 Å². The molecule has 0 saturated heterocycles. The number of hydrogen-bond donors (Lipinski definition) is 0. The summed E-state index contributed by atoms with van der Waals surface area (Å²) in [6, 6.07) is 0. The first kappa shape index (κ1) is 27.1. The highest BCUT2D eigenvalue weighted by atomic mass is 16.5. The van der Waals surface area contributed by atoms with Crippen LogP contribution in [0.3, 0.4) is 0 Å². The summed E-state index contributed by atoms with van der Waals surface area (Å²) in [7, 11) is 0. The molecule has 0 N–H and O–H groups in total. The second-order valence-corrected chi connectivity index (χ2v) is 12.2. The van der Waals surface area contributed by atoms with Gasteiger partial charge >= 0.3 is 5.97 Å². The number of carbonyl (C=O) groups is 1. The molecule has 0 aromatic heterocycles. The van der Waals surface area contributed by atoms with Crippen LogP contribution in [-0.2, 0) is 9.53 Å². The van der Waals surface area contributed by atoms with E-state index in [0.29, 0.717) is 6.61 Å². The van der Waals surface area contributed by atoms with Crippen LogP contribution >= 0.6 is 0 Å². The van der Waals surface area contributed by atoms with Crippen molar-refractivity contribution in [1.29, 1.82) is 0 Å². The van der Waals surface area contributed by atoms with Crippen LogP contribution in [0.2, 0.25) is 0 Å². The molecule has 3 rings (SSSR count). The number of rotatable bonds is 13. The van der Waals surface area contributed by atoms with Gasteiger partial charge in [0.2, 0.25) is 0 Å². The molecular weight excluding hydrogens is 404 g/mol. The van der Waals surface area contributed by atoms with Crippen LogP contribution in [0, 0.1) is 22.7 Å². The van der Waals surface area contributed by atoms with Crippen LogP contribution in [0.1, 0.15) is 162 Å². The molecule has 0 aliphatic heterocycles. The lowest BCUT2D eigenvalue weighted by Gasteiger charge is -2.55. The van der Waals surface area contributed by atoms with Gasteiger partial charge in [-0.25, -0.2) is 0 Å².